The van der Waals surface area contributed by atoms with Crippen LogP contribution < -0.4 is 19.8 Å². The number of amides is 1. The van der Waals surface area contributed by atoms with E-state index < -0.39 is 12.7 Å². The number of rotatable bonds is 4. The Morgan fingerprint density at radius 1 is 1.32 bits per heavy atom. The fourth-order valence-electron chi connectivity index (χ4n) is 3.82. The second kappa shape index (κ2) is 7.61. The van der Waals surface area contributed by atoms with E-state index >= 15 is 0 Å². The molecule has 1 amide bonds. The summed E-state index contributed by atoms with van der Waals surface area (Å²) >= 11 is 0. The second-order valence-corrected chi connectivity index (χ2v) is 7.40. The van der Waals surface area contributed by atoms with Gasteiger partial charge >= 0.3 is 6.75 Å². The normalized spacial score (nSPS) is 23.1. The van der Waals surface area contributed by atoms with Crippen molar-refractivity contribution in [3.8, 4) is 11.5 Å². The van der Waals surface area contributed by atoms with Crippen molar-refractivity contribution in [2.45, 2.75) is 32.7 Å². The number of hydrogen-bond acceptors (Lipinski definition) is 8. The van der Waals surface area contributed by atoms with Gasteiger partial charge in [-0.2, -0.15) is 0 Å². The van der Waals surface area contributed by atoms with Gasteiger partial charge in [0.05, 0.1) is 36.3 Å². The molecule has 0 radical (unpaired) electrons. The number of carbonyl (C=O) groups excluding carboxylic acids is 2. The number of aromatic carboxylic acids is 1. The number of hydrogen-bond donors (Lipinski definition) is 3. The molecule has 2 saturated heterocycles. The maximum atomic E-state index is 12.3. The molecule has 1 unspecified atom stereocenters. The van der Waals surface area contributed by atoms with Crippen LogP contribution >= 0.6 is 0 Å². The molecule has 3 heterocycles. The molecule has 9 nitrogen and oxygen atoms in total. The summed E-state index contributed by atoms with van der Waals surface area (Å²) in [5, 5.41) is 34.3. The molecule has 1 aromatic rings. The van der Waals surface area contributed by atoms with Gasteiger partial charge in [0.1, 0.15) is 11.9 Å². The van der Waals surface area contributed by atoms with E-state index in [1.807, 2.05) is 0 Å². The lowest BCUT2D eigenvalue weighted by atomic mass is 9.70. The van der Waals surface area contributed by atoms with E-state index in [1.54, 1.807) is 11.0 Å². The predicted octanol–water partition coefficient (Wildman–Crippen LogP) is -1.26. The van der Waals surface area contributed by atoms with E-state index in [4.69, 9.17) is 9.39 Å². The lowest BCUT2D eigenvalue weighted by molar-refractivity contribution is -0.255. The van der Waals surface area contributed by atoms with Gasteiger partial charge in [0.15, 0.2) is 0 Å². The highest BCUT2D eigenvalue weighted by molar-refractivity contribution is 6.59. The van der Waals surface area contributed by atoms with Gasteiger partial charge in [-0.3, -0.25) is 4.79 Å². The Hall–Kier alpha value is -2.30. The van der Waals surface area contributed by atoms with Gasteiger partial charge in [0.25, 0.3) is 0 Å². The zero-order valence-corrected chi connectivity index (χ0v) is 14.7. The summed E-state index contributed by atoms with van der Waals surface area (Å²) in [7, 11) is 0. The molecule has 3 aliphatic rings. The summed E-state index contributed by atoms with van der Waals surface area (Å²) in [5.74, 6) is -1.51. The van der Waals surface area contributed by atoms with Crippen LogP contribution in [0.15, 0.2) is 12.1 Å². The minimum atomic E-state index is -3.10. The first-order chi connectivity index (χ1) is 12.8. The smallest absolute Gasteiger partial charge is 0.430 e. The fraction of sp³-hybridized carbons (Fsp3) is 0.556. The van der Waals surface area contributed by atoms with Gasteiger partial charge in [0.2, 0.25) is 5.91 Å². The third-order valence-corrected chi connectivity index (χ3v) is 5.36. The molecule has 0 saturated carbocycles. The summed E-state index contributed by atoms with van der Waals surface area (Å²) in [6.07, 6.45) is 0.768. The van der Waals surface area contributed by atoms with E-state index in [-0.39, 0.29) is 55.2 Å². The largest absolute Gasteiger partial charge is 0.669 e. The minimum absolute atomic E-state index is 0. The molecule has 1 aromatic carbocycles. The zero-order valence-electron chi connectivity index (χ0n) is 14.7. The quantitative estimate of drug-likeness (QED) is 0.542. The first kappa shape index (κ1) is 20.4. The molecule has 4 rings (SSSR count). The van der Waals surface area contributed by atoms with Crippen molar-refractivity contribution in [1.29, 1.82) is 0 Å². The minimum Gasteiger partial charge on any atom is -0.669 e. The average Bonchev–Trinajstić information content (AvgIpc) is 3.10. The Bertz CT molecular complexity index is 773. The van der Waals surface area contributed by atoms with E-state index in [0.717, 1.165) is 13.0 Å². The van der Waals surface area contributed by atoms with Crippen molar-refractivity contribution in [3.05, 3.63) is 23.3 Å². The highest BCUT2D eigenvalue weighted by Gasteiger charge is 2.37. The first-order valence-electron chi connectivity index (χ1n) is 9.17. The molecule has 0 aliphatic carbocycles. The van der Waals surface area contributed by atoms with Gasteiger partial charge in [-0.25, -0.2) is 0 Å². The standard InChI is InChI=1S/C17H22BN2O7.CH4/c21-16(11-4-6-19-7-11)20-8-12(9-20)26-13-2-1-10-3-5-18(24,25)27-15(10)14(13)17(22)23;/h1-2,11-12,19,24-25H,3-9H2,(H,22,23);1H4/q-1;/p-1. The first-order valence-corrected chi connectivity index (χ1v) is 9.17. The van der Waals surface area contributed by atoms with Crippen LogP contribution in [0, 0.1) is 5.92 Å². The van der Waals surface area contributed by atoms with Crippen LogP contribution in [0.4, 0.5) is 0 Å². The number of fused-ring (bicyclic) bond motifs is 1. The monoisotopic (exact) mass is 392 g/mol. The number of nitrogens with zero attached hydrogens (tertiary/aromatic N) is 1. The van der Waals surface area contributed by atoms with Crippen LogP contribution in [-0.2, 0) is 11.2 Å². The van der Waals surface area contributed by atoms with Crippen LogP contribution in [0.3, 0.4) is 0 Å². The third kappa shape index (κ3) is 3.80. The average molecular weight is 392 g/mol. The van der Waals surface area contributed by atoms with Crippen molar-refractivity contribution >= 4 is 18.6 Å². The number of benzene rings is 1. The van der Waals surface area contributed by atoms with Crippen molar-refractivity contribution in [2.75, 3.05) is 26.2 Å². The Morgan fingerprint density at radius 2 is 2.07 bits per heavy atom. The van der Waals surface area contributed by atoms with Gasteiger partial charge < -0.3 is 39.6 Å². The molecule has 3 aliphatic heterocycles. The summed E-state index contributed by atoms with van der Waals surface area (Å²) in [6.45, 7) is -0.810. The van der Waals surface area contributed by atoms with Crippen LogP contribution in [0.5, 0.6) is 11.5 Å². The molecular weight excluding hydrogens is 367 g/mol. The van der Waals surface area contributed by atoms with E-state index in [9.17, 15) is 24.7 Å². The fourth-order valence-corrected chi connectivity index (χ4v) is 3.82. The number of nitrogens with one attached hydrogen (secondary N) is 1. The molecule has 0 bridgehead atoms. The number of aryl methyl sites for hydroxylation is 1. The van der Waals surface area contributed by atoms with Crippen LogP contribution in [0.2, 0.25) is 6.32 Å². The molecule has 0 spiro atoms. The summed E-state index contributed by atoms with van der Waals surface area (Å²) in [6, 6.07) is 3.17. The van der Waals surface area contributed by atoms with Crippen molar-refractivity contribution in [1.82, 2.24) is 10.2 Å². The van der Waals surface area contributed by atoms with Gasteiger partial charge in [-0.05, 0) is 31.0 Å². The molecule has 2 fully saturated rings. The number of likely N-dealkylation sites (tertiary alicyclic amines) is 1. The summed E-state index contributed by atoms with van der Waals surface area (Å²) in [4.78, 5) is 25.7. The number of carboxylic acid groups (broad SMARTS) is 1. The predicted molar refractivity (Wildman–Crippen MR) is 98.8 cm³/mol. The van der Waals surface area contributed by atoms with Gasteiger partial charge in [0, 0.05) is 6.54 Å². The number of ether oxygens (including phenoxy) is 1. The molecule has 0 aromatic heterocycles. The van der Waals surface area contributed by atoms with Crippen LogP contribution in [-0.4, -0.2) is 65.9 Å². The van der Waals surface area contributed by atoms with Gasteiger partial charge in [-0.1, -0.05) is 19.8 Å². The summed E-state index contributed by atoms with van der Waals surface area (Å²) < 4.78 is 10.9. The highest BCUT2D eigenvalue weighted by Crippen LogP contribution is 2.38. The molecule has 3 N–H and O–H groups in total. The Labute approximate surface area is 163 Å². The lowest BCUT2D eigenvalue weighted by Gasteiger charge is -2.41. The Morgan fingerprint density at radius 3 is 2.71 bits per heavy atom. The molecule has 154 valence electrons. The third-order valence-electron chi connectivity index (χ3n) is 5.36. The van der Waals surface area contributed by atoms with Gasteiger partial charge in [-0.15, -0.1) is 0 Å². The summed E-state index contributed by atoms with van der Waals surface area (Å²) in [5.41, 5.74) is 0.229. The lowest BCUT2D eigenvalue weighted by Crippen LogP contribution is -2.58. The molecular formula is C18H25BN2O7-2. The maximum absolute atomic E-state index is 12.3. The SMILES string of the molecule is C.O=C([O-])c1c(OC2CN(C(=O)C3CCNC3)C2)ccc2c1O[B-](O)(O)CC2. The molecule has 1 atom stereocenters. The highest BCUT2D eigenvalue weighted by atomic mass is 16.6. The Balaban J connectivity index is 0.00000225. The molecule has 10 heteroatoms. The van der Waals surface area contributed by atoms with Crippen molar-refractivity contribution in [3.63, 3.8) is 0 Å². The van der Waals surface area contributed by atoms with E-state index in [2.05, 4.69) is 5.32 Å². The zero-order chi connectivity index (χ0) is 19.2. The van der Waals surface area contributed by atoms with Crippen LogP contribution in [0.1, 0.15) is 29.8 Å². The Kier molecular flexibility index (Phi) is 5.56. The maximum Gasteiger partial charge on any atom is 0.430 e. The van der Waals surface area contributed by atoms with Crippen LogP contribution in [0.25, 0.3) is 0 Å². The van der Waals surface area contributed by atoms with Crippen molar-refractivity contribution < 1.29 is 34.1 Å². The van der Waals surface area contributed by atoms with E-state index in [1.165, 1.54) is 6.07 Å². The topological polar surface area (TPSA) is 131 Å². The number of carboxylic acids is 1. The van der Waals surface area contributed by atoms with E-state index in [0.29, 0.717) is 25.2 Å². The molecule has 28 heavy (non-hydrogen) atoms. The number of carbonyl (C=O) groups is 2. The van der Waals surface area contributed by atoms with Crippen molar-refractivity contribution in [2.24, 2.45) is 5.92 Å². The second-order valence-electron chi connectivity index (χ2n) is 7.40.